The highest BCUT2D eigenvalue weighted by atomic mass is 16.6. The number of ether oxygens (including phenoxy) is 1. The van der Waals surface area contributed by atoms with Crippen LogP contribution in [0.25, 0.3) is 0 Å². The third kappa shape index (κ3) is 4.59. The third-order valence-corrected chi connectivity index (χ3v) is 3.94. The third-order valence-electron chi connectivity index (χ3n) is 3.94. The summed E-state index contributed by atoms with van der Waals surface area (Å²) in [6.45, 7) is 5.36. The predicted octanol–water partition coefficient (Wildman–Crippen LogP) is 3.56. The Labute approximate surface area is 148 Å². The van der Waals surface area contributed by atoms with Gasteiger partial charge < -0.3 is 10.1 Å². The molecule has 5 heteroatoms. The fourth-order valence-corrected chi connectivity index (χ4v) is 2.70. The monoisotopic (exact) mass is 337 g/mol. The molecule has 2 aromatic carbocycles. The Kier molecular flexibility index (Phi) is 5.03. The Bertz CT molecular complexity index is 742. The van der Waals surface area contributed by atoms with Crippen LogP contribution in [0.15, 0.2) is 65.7 Å². The summed E-state index contributed by atoms with van der Waals surface area (Å²) in [4.78, 5) is 18.7. The van der Waals surface area contributed by atoms with E-state index in [2.05, 4.69) is 10.3 Å². The Morgan fingerprint density at radius 2 is 1.68 bits per heavy atom. The zero-order valence-electron chi connectivity index (χ0n) is 14.6. The van der Waals surface area contributed by atoms with Crippen LogP contribution < -0.4 is 5.32 Å². The van der Waals surface area contributed by atoms with E-state index in [4.69, 9.17) is 4.74 Å². The van der Waals surface area contributed by atoms with Crippen LogP contribution in [0.1, 0.15) is 25.0 Å². The van der Waals surface area contributed by atoms with Crippen molar-refractivity contribution in [3.05, 3.63) is 71.8 Å². The number of nitrogens with one attached hydrogen (secondary N) is 1. The Hall–Kier alpha value is -2.82. The highest BCUT2D eigenvalue weighted by Crippen LogP contribution is 2.17. The summed E-state index contributed by atoms with van der Waals surface area (Å²) in [7, 11) is 0. The molecule has 1 saturated heterocycles. The smallest absolute Gasteiger partial charge is 0.417 e. The molecule has 5 nitrogen and oxygen atoms in total. The molecule has 130 valence electrons. The van der Waals surface area contributed by atoms with E-state index in [0.717, 1.165) is 11.1 Å². The minimum atomic E-state index is -0.381. The van der Waals surface area contributed by atoms with Crippen molar-refractivity contribution in [3.63, 3.8) is 0 Å². The van der Waals surface area contributed by atoms with E-state index < -0.39 is 0 Å². The second-order valence-corrected chi connectivity index (χ2v) is 6.76. The molecule has 1 aliphatic heterocycles. The van der Waals surface area contributed by atoms with E-state index in [1.54, 1.807) is 4.90 Å². The van der Waals surface area contributed by atoms with E-state index in [0.29, 0.717) is 19.0 Å². The molecule has 3 rings (SSSR count). The van der Waals surface area contributed by atoms with Gasteiger partial charge >= 0.3 is 6.09 Å². The molecule has 0 unspecified atom stereocenters. The van der Waals surface area contributed by atoms with Crippen molar-refractivity contribution in [2.24, 2.45) is 4.99 Å². The molecule has 0 aromatic heterocycles. The fraction of sp³-hybridized carbons (Fsp3) is 0.300. The molecule has 1 N–H and O–H groups in total. The van der Waals surface area contributed by atoms with Gasteiger partial charge in [0.25, 0.3) is 0 Å². The fourth-order valence-electron chi connectivity index (χ4n) is 2.70. The molecule has 2 aromatic rings. The molecule has 0 saturated carbocycles. The molecule has 0 bridgehead atoms. The van der Waals surface area contributed by atoms with Gasteiger partial charge in [0.05, 0.1) is 18.6 Å². The van der Waals surface area contributed by atoms with Gasteiger partial charge in [-0.25, -0.2) is 14.7 Å². The molecule has 25 heavy (non-hydrogen) atoms. The van der Waals surface area contributed by atoms with E-state index >= 15 is 0 Å². The summed E-state index contributed by atoms with van der Waals surface area (Å²) in [5, 5.41) is 3.30. The van der Waals surface area contributed by atoms with Crippen LogP contribution >= 0.6 is 0 Å². The average Bonchev–Trinajstić information content (AvgIpc) is 2.94. The van der Waals surface area contributed by atoms with Gasteiger partial charge in [-0.15, -0.1) is 0 Å². The molecule has 0 aliphatic carbocycles. The van der Waals surface area contributed by atoms with Crippen molar-refractivity contribution >= 4 is 12.1 Å². The number of rotatable bonds is 4. The Morgan fingerprint density at radius 1 is 1.08 bits per heavy atom. The average molecular weight is 337 g/mol. The first-order chi connectivity index (χ1) is 12.0. The topological polar surface area (TPSA) is 53.9 Å². The van der Waals surface area contributed by atoms with Crippen LogP contribution in [0, 0.1) is 0 Å². The van der Waals surface area contributed by atoms with Gasteiger partial charge in [0.1, 0.15) is 6.61 Å². The van der Waals surface area contributed by atoms with Crippen LogP contribution in [-0.2, 0) is 17.9 Å². The van der Waals surface area contributed by atoms with Crippen LogP contribution in [0.4, 0.5) is 4.79 Å². The minimum absolute atomic E-state index is 0.235. The van der Waals surface area contributed by atoms with Gasteiger partial charge in [-0.05, 0) is 25.0 Å². The molecular formula is C20H23N3O2. The number of aliphatic imine (C=N–C) groups is 1. The van der Waals surface area contributed by atoms with Crippen molar-refractivity contribution in [2.45, 2.75) is 32.5 Å². The van der Waals surface area contributed by atoms with Gasteiger partial charge in [0, 0.05) is 0 Å². The minimum Gasteiger partial charge on any atom is -0.444 e. The molecule has 1 fully saturated rings. The van der Waals surface area contributed by atoms with Crippen molar-refractivity contribution in [2.75, 3.05) is 6.54 Å². The molecule has 1 aliphatic rings. The molecule has 0 atom stereocenters. The first kappa shape index (κ1) is 17.0. The summed E-state index contributed by atoms with van der Waals surface area (Å²) in [6.07, 6.45) is -0.381. The SMILES string of the molecule is CC1(C)CN(C(=O)OCc2ccccc2)C(=NCc2ccccc2)N1. The molecular weight excluding hydrogens is 314 g/mol. The summed E-state index contributed by atoms with van der Waals surface area (Å²) in [6, 6.07) is 19.6. The van der Waals surface area contributed by atoms with Gasteiger partial charge in [-0.3, -0.25) is 0 Å². The van der Waals surface area contributed by atoms with Crippen molar-refractivity contribution < 1.29 is 9.53 Å². The lowest BCUT2D eigenvalue weighted by molar-refractivity contribution is 0.116. The molecule has 0 spiro atoms. The number of hydrogen-bond acceptors (Lipinski definition) is 3. The standard InChI is InChI=1S/C20H23N3O2/c1-20(2)15-23(19(24)25-14-17-11-7-4-8-12-17)18(22-20)21-13-16-9-5-3-6-10-16/h3-12H,13-15H2,1-2H3,(H,21,22). The van der Waals surface area contributed by atoms with Gasteiger partial charge in [0.2, 0.25) is 5.96 Å². The van der Waals surface area contributed by atoms with Crippen LogP contribution in [0.3, 0.4) is 0 Å². The second-order valence-electron chi connectivity index (χ2n) is 6.76. The van der Waals surface area contributed by atoms with Crippen molar-refractivity contribution in [1.82, 2.24) is 10.2 Å². The number of hydrogen-bond donors (Lipinski definition) is 1. The lowest BCUT2D eigenvalue weighted by atomic mass is 10.1. The summed E-state index contributed by atoms with van der Waals surface area (Å²) < 4.78 is 5.45. The maximum Gasteiger partial charge on any atom is 0.417 e. The van der Waals surface area contributed by atoms with E-state index in [9.17, 15) is 4.79 Å². The quantitative estimate of drug-likeness (QED) is 0.928. The number of guanidine groups is 1. The van der Waals surface area contributed by atoms with E-state index in [1.165, 1.54) is 0 Å². The zero-order chi connectivity index (χ0) is 17.7. The number of benzene rings is 2. The summed E-state index contributed by atoms with van der Waals surface area (Å²) in [5.41, 5.74) is 1.82. The predicted molar refractivity (Wildman–Crippen MR) is 98.1 cm³/mol. The van der Waals surface area contributed by atoms with Gasteiger partial charge in [0.15, 0.2) is 0 Å². The normalized spacial score (nSPS) is 17.4. The first-order valence-corrected chi connectivity index (χ1v) is 8.38. The molecule has 1 amide bonds. The van der Waals surface area contributed by atoms with Gasteiger partial charge in [-0.2, -0.15) is 0 Å². The molecule has 1 heterocycles. The van der Waals surface area contributed by atoms with E-state index in [-0.39, 0.29) is 18.2 Å². The van der Waals surface area contributed by atoms with Crippen LogP contribution in [0.5, 0.6) is 0 Å². The molecule has 0 radical (unpaired) electrons. The maximum atomic E-state index is 12.5. The summed E-state index contributed by atoms with van der Waals surface area (Å²) >= 11 is 0. The maximum absolute atomic E-state index is 12.5. The van der Waals surface area contributed by atoms with Crippen LogP contribution in [-0.4, -0.2) is 29.0 Å². The Morgan fingerprint density at radius 3 is 2.32 bits per heavy atom. The number of nitrogens with zero attached hydrogens (tertiary/aromatic N) is 2. The highest BCUT2D eigenvalue weighted by molar-refractivity contribution is 5.96. The second kappa shape index (κ2) is 7.38. The first-order valence-electron chi connectivity index (χ1n) is 8.38. The summed E-state index contributed by atoms with van der Waals surface area (Å²) in [5.74, 6) is 0.562. The van der Waals surface area contributed by atoms with Crippen molar-refractivity contribution in [1.29, 1.82) is 0 Å². The number of amides is 1. The Balaban J connectivity index is 1.67. The largest absolute Gasteiger partial charge is 0.444 e. The number of carbonyl (C=O) groups excluding carboxylic acids is 1. The lowest BCUT2D eigenvalue weighted by Crippen LogP contribution is -2.37. The van der Waals surface area contributed by atoms with Crippen molar-refractivity contribution in [3.8, 4) is 0 Å². The highest BCUT2D eigenvalue weighted by Gasteiger charge is 2.37. The lowest BCUT2D eigenvalue weighted by Gasteiger charge is -2.17. The van der Waals surface area contributed by atoms with Crippen LogP contribution in [0.2, 0.25) is 0 Å². The van der Waals surface area contributed by atoms with E-state index in [1.807, 2.05) is 74.5 Å². The number of carbonyl (C=O) groups is 1. The van der Waals surface area contributed by atoms with Gasteiger partial charge in [-0.1, -0.05) is 60.7 Å². The zero-order valence-corrected chi connectivity index (χ0v) is 14.6.